The number of carbonyl (C=O) groups excluding carboxylic acids is 1. The number of thioether (sulfide) groups is 1. The molecule has 0 spiro atoms. The molecule has 1 atom stereocenters. The zero-order chi connectivity index (χ0) is 18.3. The van der Waals surface area contributed by atoms with Gasteiger partial charge in [-0.3, -0.25) is 4.79 Å². The Morgan fingerprint density at radius 3 is 2.00 bits per heavy atom. The monoisotopic (exact) mass is 376 g/mol. The lowest BCUT2D eigenvalue weighted by molar-refractivity contribution is -0.123. The van der Waals surface area contributed by atoms with Crippen LogP contribution in [0.25, 0.3) is 0 Å². The third-order valence-electron chi connectivity index (χ3n) is 4.27. The number of rotatable bonds is 11. The minimum absolute atomic E-state index is 0.0614. The van der Waals surface area contributed by atoms with Gasteiger partial charge in [-0.25, -0.2) is 0 Å². The summed E-state index contributed by atoms with van der Waals surface area (Å²) < 4.78 is 17.8. The standard InChI is InChI=1S/C18H36O4SSi/c1-7-20-24(21-8-2,22-9-3)12-10-11-23-18(6)14-16(19)13-17(4,5)15-18/h7-15H2,1-6H3. The van der Waals surface area contributed by atoms with Crippen molar-refractivity contribution in [3.8, 4) is 0 Å². The van der Waals surface area contributed by atoms with Gasteiger partial charge in [-0.05, 0) is 51.7 Å². The summed E-state index contributed by atoms with van der Waals surface area (Å²) >= 11 is 1.94. The van der Waals surface area contributed by atoms with Crippen LogP contribution >= 0.6 is 11.8 Å². The van der Waals surface area contributed by atoms with E-state index in [4.69, 9.17) is 13.3 Å². The van der Waals surface area contributed by atoms with Crippen molar-refractivity contribution in [3.63, 3.8) is 0 Å². The van der Waals surface area contributed by atoms with Crippen LogP contribution in [0.15, 0.2) is 0 Å². The maximum atomic E-state index is 12.1. The molecule has 0 aliphatic heterocycles. The second kappa shape index (κ2) is 9.71. The number of hydrogen-bond donors (Lipinski definition) is 0. The predicted octanol–water partition coefficient (Wildman–Crippen LogP) is 4.70. The number of Topliss-reactive ketones (excluding diaryl/α,β-unsaturated/α-hetero) is 1. The van der Waals surface area contributed by atoms with Gasteiger partial charge in [0.15, 0.2) is 0 Å². The molecule has 1 aliphatic rings. The molecular formula is C18H36O4SSi. The third-order valence-corrected chi connectivity index (χ3v) is 8.90. The summed E-state index contributed by atoms with van der Waals surface area (Å²) in [5.74, 6) is 1.42. The van der Waals surface area contributed by atoms with Crippen molar-refractivity contribution < 1.29 is 18.1 Å². The highest BCUT2D eigenvalue weighted by Gasteiger charge is 2.42. The van der Waals surface area contributed by atoms with Gasteiger partial charge < -0.3 is 13.3 Å². The first kappa shape index (κ1) is 22.2. The summed E-state index contributed by atoms with van der Waals surface area (Å²) in [4.78, 5) is 12.1. The van der Waals surface area contributed by atoms with Crippen LogP contribution in [0.2, 0.25) is 6.04 Å². The Kier molecular flexibility index (Phi) is 8.97. The first-order valence-electron chi connectivity index (χ1n) is 9.27. The SMILES string of the molecule is CCO[Si](CCCSC1(C)CC(=O)CC(C)(C)C1)(OCC)OCC. The average molecular weight is 377 g/mol. The molecule has 0 bridgehead atoms. The number of ketones is 1. The highest BCUT2D eigenvalue weighted by atomic mass is 32.2. The molecule has 0 N–H and O–H groups in total. The minimum Gasteiger partial charge on any atom is -0.374 e. The summed E-state index contributed by atoms with van der Waals surface area (Å²) in [6.45, 7) is 14.5. The van der Waals surface area contributed by atoms with Gasteiger partial charge in [0.2, 0.25) is 0 Å². The minimum atomic E-state index is -2.53. The molecule has 1 fully saturated rings. The lowest BCUT2D eigenvalue weighted by Gasteiger charge is -2.41. The van der Waals surface area contributed by atoms with Gasteiger partial charge in [0.25, 0.3) is 0 Å². The van der Waals surface area contributed by atoms with E-state index in [2.05, 4.69) is 20.8 Å². The van der Waals surface area contributed by atoms with Crippen molar-refractivity contribution in [1.29, 1.82) is 0 Å². The second-order valence-electron chi connectivity index (χ2n) is 7.62. The van der Waals surface area contributed by atoms with Crippen LogP contribution in [0.1, 0.15) is 67.2 Å². The number of carbonyl (C=O) groups is 1. The Bertz CT molecular complexity index is 385. The first-order valence-corrected chi connectivity index (χ1v) is 12.2. The van der Waals surface area contributed by atoms with E-state index in [0.717, 1.165) is 31.1 Å². The van der Waals surface area contributed by atoms with E-state index in [0.29, 0.717) is 32.0 Å². The van der Waals surface area contributed by atoms with E-state index >= 15 is 0 Å². The fourth-order valence-electron chi connectivity index (χ4n) is 3.86. The maximum Gasteiger partial charge on any atom is 0.500 e. The van der Waals surface area contributed by atoms with Crippen molar-refractivity contribution in [2.75, 3.05) is 25.6 Å². The maximum absolute atomic E-state index is 12.1. The van der Waals surface area contributed by atoms with E-state index in [9.17, 15) is 4.79 Å². The quantitative estimate of drug-likeness (QED) is 0.386. The summed E-state index contributed by atoms with van der Waals surface area (Å²) in [6.07, 6.45) is 3.52. The van der Waals surface area contributed by atoms with E-state index in [1.54, 1.807) is 0 Å². The molecule has 0 radical (unpaired) electrons. The molecule has 0 aromatic heterocycles. The zero-order valence-corrected chi connectivity index (χ0v) is 18.2. The first-order chi connectivity index (χ1) is 11.2. The largest absolute Gasteiger partial charge is 0.500 e. The van der Waals surface area contributed by atoms with Crippen molar-refractivity contribution in [2.45, 2.75) is 78.0 Å². The van der Waals surface area contributed by atoms with Crippen molar-refractivity contribution in [3.05, 3.63) is 0 Å². The molecule has 0 aromatic rings. The van der Waals surface area contributed by atoms with Crippen LogP contribution in [0.5, 0.6) is 0 Å². The summed E-state index contributed by atoms with van der Waals surface area (Å²) in [6, 6.07) is 0.850. The molecule has 0 aromatic carbocycles. The van der Waals surface area contributed by atoms with Crippen LogP contribution in [0.4, 0.5) is 0 Å². The van der Waals surface area contributed by atoms with E-state index in [1.807, 2.05) is 32.5 Å². The molecule has 0 heterocycles. The van der Waals surface area contributed by atoms with Gasteiger partial charge in [-0.15, -0.1) is 0 Å². The molecule has 1 saturated carbocycles. The summed E-state index contributed by atoms with van der Waals surface area (Å²) in [7, 11) is -2.53. The normalized spacial score (nSPS) is 24.3. The van der Waals surface area contributed by atoms with Gasteiger partial charge in [-0.2, -0.15) is 11.8 Å². The lowest BCUT2D eigenvalue weighted by Crippen LogP contribution is -2.46. The Balaban J connectivity index is 2.53. The van der Waals surface area contributed by atoms with Crippen molar-refractivity contribution >= 4 is 26.3 Å². The molecule has 24 heavy (non-hydrogen) atoms. The van der Waals surface area contributed by atoms with Crippen LogP contribution in [-0.4, -0.2) is 44.9 Å². The topological polar surface area (TPSA) is 44.8 Å². The molecule has 6 heteroatoms. The third kappa shape index (κ3) is 7.16. The van der Waals surface area contributed by atoms with Crippen LogP contribution < -0.4 is 0 Å². The van der Waals surface area contributed by atoms with Crippen LogP contribution in [0.3, 0.4) is 0 Å². The van der Waals surface area contributed by atoms with Gasteiger partial charge in [0, 0.05) is 43.5 Å². The Labute approximate surface area is 153 Å². The summed E-state index contributed by atoms with van der Waals surface area (Å²) in [5, 5.41) is 0. The van der Waals surface area contributed by atoms with Crippen LogP contribution in [-0.2, 0) is 18.1 Å². The second-order valence-corrected chi connectivity index (χ2v) is 12.0. The molecular weight excluding hydrogens is 340 g/mol. The highest BCUT2D eigenvalue weighted by Crippen LogP contribution is 2.46. The fraction of sp³-hybridized carbons (Fsp3) is 0.944. The lowest BCUT2D eigenvalue weighted by atomic mass is 9.72. The van der Waals surface area contributed by atoms with E-state index in [1.165, 1.54) is 0 Å². The molecule has 142 valence electrons. The molecule has 4 nitrogen and oxygen atoms in total. The van der Waals surface area contributed by atoms with Crippen LogP contribution in [0, 0.1) is 5.41 Å². The summed E-state index contributed by atoms with van der Waals surface area (Å²) in [5.41, 5.74) is 0.123. The van der Waals surface area contributed by atoms with Crippen molar-refractivity contribution in [2.24, 2.45) is 5.41 Å². The molecule has 1 rings (SSSR count). The zero-order valence-electron chi connectivity index (χ0n) is 16.4. The molecule has 1 aliphatic carbocycles. The predicted molar refractivity (Wildman–Crippen MR) is 104 cm³/mol. The number of hydrogen-bond acceptors (Lipinski definition) is 5. The van der Waals surface area contributed by atoms with Gasteiger partial charge >= 0.3 is 8.80 Å². The Morgan fingerprint density at radius 1 is 1.00 bits per heavy atom. The molecule has 0 amide bonds. The van der Waals surface area contributed by atoms with E-state index < -0.39 is 8.80 Å². The van der Waals surface area contributed by atoms with Gasteiger partial charge in [-0.1, -0.05) is 13.8 Å². The van der Waals surface area contributed by atoms with Gasteiger partial charge in [0.1, 0.15) is 5.78 Å². The fourth-order valence-corrected chi connectivity index (χ4v) is 8.27. The molecule has 0 saturated heterocycles. The Morgan fingerprint density at radius 2 is 1.54 bits per heavy atom. The van der Waals surface area contributed by atoms with Gasteiger partial charge in [0.05, 0.1) is 0 Å². The highest BCUT2D eigenvalue weighted by molar-refractivity contribution is 8.00. The average Bonchev–Trinajstić information content (AvgIpc) is 2.42. The van der Waals surface area contributed by atoms with E-state index in [-0.39, 0.29) is 10.2 Å². The van der Waals surface area contributed by atoms with Crippen molar-refractivity contribution in [1.82, 2.24) is 0 Å². The molecule has 1 unspecified atom stereocenters. The smallest absolute Gasteiger partial charge is 0.374 e. The Hall–Kier alpha value is 0.117.